The Kier molecular flexibility index (Phi) is 5.35. The van der Waals surface area contributed by atoms with E-state index < -0.39 is 29.1 Å². The molecule has 0 unspecified atom stereocenters. The van der Waals surface area contributed by atoms with Crippen LogP contribution in [0.5, 0.6) is 0 Å². The van der Waals surface area contributed by atoms with Gasteiger partial charge in [0.1, 0.15) is 0 Å². The number of amides is 2. The van der Waals surface area contributed by atoms with Crippen molar-refractivity contribution in [2.24, 2.45) is 0 Å². The van der Waals surface area contributed by atoms with Crippen molar-refractivity contribution in [2.75, 3.05) is 18.9 Å². The average molecular weight is 386 g/mol. The third kappa shape index (κ3) is 4.14. The second-order valence-corrected chi connectivity index (χ2v) is 6.28. The van der Waals surface area contributed by atoms with Crippen LogP contribution in [0.4, 0.5) is 18.9 Å². The van der Waals surface area contributed by atoms with Crippen LogP contribution >= 0.6 is 0 Å². The van der Waals surface area contributed by atoms with Crippen LogP contribution in [-0.4, -0.2) is 30.3 Å². The summed E-state index contributed by atoms with van der Waals surface area (Å²) in [5.41, 5.74) is -0.948. The molecule has 4 nitrogen and oxygen atoms in total. The minimum atomic E-state index is -4.65. The van der Waals surface area contributed by atoms with Gasteiger partial charge in [-0.1, -0.05) is 48.5 Å². The minimum Gasteiger partial charge on any atom is -0.332 e. The van der Waals surface area contributed by atoms with Crippen molar-refractivity contribution in [1.29, 1.82) is 0 Å². The summed E-state index contributed by atoms with van der Waals surface area (Å²) in [5, 5.41) is 4.47. The highest BCUT2D eigenvalue weighted by Crippen LogP contribution is 2.32. The van der Waals surface area contributed by atoms with E-state index in [1.165, 1.54) is 19.2 Å². The summed E-state index contributed by atoms with van der Waals surface area (Å²) in [4.78, 5) is 25.8. The number of alkyl halides is 3. The van der Waals surface area contributed by atoms with E-state index >= 15 is 0 Å². The summed E-state index contributed by atoms with van der Waals surface area (Å²) < 4.78 is 39.4. The van der Waals surface area contributed by atoms with E-state index in [-0.39, 0.29) is 6.54 Å². The van der Waals surface area contributed by atoms with Gasteiger partial charge in [0, 0.05) is 18.1 Å². The zero-order valence-corrected chi connectivity index (χ0v) is 15.0. The van der Waals surface area contributed by atoms with E-state index in [0.29, 0.717) is 5.69 Å². The Morgan fingerprint density at radius 2 is 1.57 bits per heavy atom. The zero-order valence-electron chi connectivity index (χ0n) is 15.0. The van der Waals surface area contributed by atoms with Gasteiger partial charge >= 0.3 is 6.18 Å². The van der Waals surface area contributed by atoms with Gasteiger partial charge in [0.25, 0.3) is 5.91 Å². The molecule has 0 aliphatic rings. The fourth-order valence-electron chi connectivity index (χ4n) is 2.93. The quantitative estimate of drug-likeness (QED) is 0.714. The van der Waals surface area contributed by atoms with Gasteiger partial charge in [-0.25, -0.2) is 0 Å². The van der Waals surface area contributed by atoms with E-state index in [2.05, 4.69) is 5.32 Å². The lowest BCUT2D eigenvalue weighted by molar-refractivity contribution is -0.138. The van der Waals surface area contributed by atoms with Crippen molar-refractivity contribution in [3.63, 3.8) is 0 Å². The molecule has 0 radical (unpaired) electrons. The van der Waals surface area contributed by atoms with Crippen LogP contribution in [0.25, 0.3) is 10.8 Å². The Bertz CT molecular complexity index is 1030. The van der Waals surface area contributed by atoms with Crippen molar-refractivity contribution in [2.45, 2.75) is 6.18 Å². The molecule has 2 amide bonds. The smallest absolute Gasteiger partial charge is 0.332 e. The first-order valence-electron chi connectivity index (χ1n) is 8.46. The maximum absolute atomic E-state index is 13.1. The Morgan fingerprint density at radius 3 is 2.32 bits per heavy atom. The summed E-state index contributed by atoms with van der Waals surface area (Å²) in [6, 6.07) is 17.4. The number of likely N-dealkylation sites (N-methyl/N-ethyl adjacent to an activating group) is 1. The number of fused-ring (bicyclic) bond motifs is 1. The zero-order chi connectivity index (χ0) is 20.3. The number of rotatable bonds is 4. The first-order chi connectivity index (χ1) is 13.3. The molecule has 0 fully saturated rings. The summed E-state index contributed by atoms with van der Waals surface area (Å²) in [6.45, 7) is -0.381. The summed E-state index contributed by atoms with van der Waals surface area (Å²) in [6.07, 6.45) is -4.65. The number of carbonyl (C=O) groups excluding carboxylic acids is 2. The van der Waals surface area contributed by atoms with Crippen LogP contribution in [0.3, 0.4) is 0 Å². The molecule has 0 aliphatic carbocycles. The van der Waals surface area contributed by atoms with Gasteiger partial charge < -0.3 is 10.2 Å². The SMILES string of the molecule is CN(CC(=O)Nc1cccc2ccccc12)C(=O)c1ccccc1C(F)(F)F. The molecule has 144 valence electrons. The summed E-state index contributed by atoms with van der Waals surface area (Å²) in [7, 11) is 1.29. The lowest BCUT2D eigenvalue weighted by Gasteiger charge is -2.20. The molecule has 7 heteroatoms. The van der Waals surface area contributed by atoms with Crippen molar-refractivity contribution in [3.05, 3.63) is 77.9 Å². The van der Waals surface area contributed by atoms with Gasteiger partial charge in [0.2, 0.25) is 5.91 Å². The lowest BCUT2D eigenvalue weighted by atomic mass is 10.1. The van der Waals surface area contributed by atoms with Gasteiger partial charge in [-0.3, -0.25) is 9.59 Å². The topological polar surface area (TPSA) is 49.4 Å². The Morgan fingerprint density at radius 1 is 0.929 bits per heavy atom. The number of hydrogen-bond acceptors (Lipinski definition) is 2. The first kappa shape index (κ1) is 19.4. The van der Waals surface area contributed by atoms with Crippen LogP contribution in [0.15, 0.2) is 66.7 Å². The third-order valence-electron chi connectivity index (χ3n) is 4.25. The van der Waals surface area contributed by atoms with Crippen LogP contribution in [0, 0.1) is 0 Å². The molecule has 0 saturated carbocycles. The maximum atomic E-state index is 13.1. The molecule has 0 spiro atoms. The molecule has 3 rings (SSSR count). The lowest BCUT2D eigenvalue weighted by Crippen LogP contribution is -2.35. The molecule has 0 atom stereocenters. The van der Waals surface area contributed by atoms with E-state index in [9.17, 15) is 22.8 Å². The maximum Gasteiger partial charge on any atom is 0.417 e. The molecule has 3 aromatic rings. The van der Waals surface area contributed by atoms with Gasteiger partial charge in [-0.05, 0) is 23.6 Å². The fraction of sp³-hybridized carbons (Fsp3) is 0.143. The first-order valence-corrected chi connectivity index (χ1v) is 8.46. The van der Waals surface area contributed by atoms with Gasteiger partial charge in [0.05, 0.1) is 17.7 Å². The average Bonchev–Trinajstić information content (AvgIpc) is 2.67. The van der Waals surface area contributed by atoms with Gasteiger partial charge in [0.15, 0.2) is 0 Å². The minimum absolute atomic E-state index is 0.381. The molecule has 3 aromatic carbocycles. The standard InChI is InChI=1S/C21H17F3N2O2/c1-26(20(28)16-10-4-5-11-17(16)21(22,23)24)13-19(27)25-18-12-6-8-14-7-2-3-9-15(14)18/h2-12H,13H2,1H3,(H,25,27). The van der Waals surface area contributed by atoms with E-state index in [1.54, 1.807) is 12.1 Å². The largest absolute Gasteiger partial charge is 0.417 e. The Balaban J connectivity index is 1.75. The van der Waals surface area contributed by atoms with E-state index in [0.717, 1.165) is 27.8 Å². The summed E-state index contributed by atoms with van der Waals surface area (Å²) in [5.74, 6) is -1.38. The van der Waals surface area contributed by atoms with E-state index in [1.807, 2.05) is 30.3 Å². The highest BCUT2D eigenvalue weighted by molar-refractivity contribution is 6.04. The molecule has 0 bridgehead atoms. The molecule has 0 aromatic heterocycles. The number of carbonyl (C=O) groups is 2. The Hall–Kier alpha value is -3.35. The number of anilines is 1. The van der Waals surface area contributed by atoms with Crippen LogP contribution < -0.4 is 5.32 Å². The highest BCUT2D eigenvalue weighted by atomic mass is 19.4. The van der Waals surface area contributed by atoms with E-state index in [4.69, 9.17) is 0 Å². The van der Waals surface area contributed by atoms with Gasteiger partial charge in [-0.15, -0.1) is 0 Å². The molecule has 0 aliphatic heterocycles. The number of nitrogens with zero attached hydrogens (tertiary/aromatic N) is 1. The second kappa shape index (κ2) is 7.72. The number of nitrogens with one attached hydrogen (secondary N) is 1. The molecular weight excluding hydrogens is 369 g/mol. The van der Waals surface area contributed by atoms with Crippen molar-refractivity contribution < 1.29 is 22.8 Å². The monoisotopic (exact) mass is 386 g/mol. The molecule has 28 heavy (non-hydrogen) atoms. The number of benzene rings is 3. The third-order valence-corrected chi connectivity index (χ3v) is 4.25. The summed E-state index contributed by atoms with van der Waals surface area (Å²) >= 11 is 0. The number of halogens is 3. The molecule has 0 saturated heterocycles. The van der Waals surface area contributed by atoms with Crippen molar-refractivity contribution >= 4 is 28.3 Å². The second-order valence-electron chi connectivity index (χ2n) is 6.28. The van der Waals surface area contributed by atoms with Crippen LogP contribution in [0.1, 0.15) is 15.9 Å². The van der Waals surface area contributed by atoms with Crippen molar-refractivity contribution in [1.82, 2.24) is 4.90 Å². The molecular formula is C21H17F3N2O2. The predicted molar refractivity (Wildman–Crippen MR) is 101 cm³/mol. The van der Waals surface area contributed by atoms with Crippen molar-refractivity contribution in [3.8, 4) is 0 Å². The van der Waals surface area contributed by atoms with Crippen LogP contribution in [-0.2, 0) is 11.0 Å². The fourth-order valence-corrected chi connectivity index (χ4v) is 2.93. The highest BCUT2D eigenvalue weighted by Gasteiger charge is 2.35. The number of hydrogen-bond donors (Lipinski definition) is 1. The normalized spacial score (nSPS) is 11.3. The van der Waals surface area contributed by atoms with Crippen LogP contribution in [0.2, 0.25) is 0 Å². The predicted octanol–water partition coefficient (Wildman–Crippen LogP) is 4.57. The molecule has 0 heterocycles. The van der Waals surface area contributed by atoms with Gasteiger partial charge in [-0.2, -0.15) is 13.2 Å². The Labute approximate surface area is 159 Å². The molecule has 1 N–H and O–H groups in total.